The topological polar surface area (TPSA) is 26.8 Å². The van der Waals surface area contributed by atoms with Gasteiger partial charge in [0.1, 0.15) is 0 Å². The van der Waals surface area contributed by atoms with Crippen LogP contribution in [-0.4, -0.2) is 54.2 Å². The lowest BCUT2D eigenvalue weighted by Gasteiger charge is -2.41. The molecule has 4 heteroatoms. The summed E-state index contributed by atoms with van der Waals surface area (Å²) in [7, 11) is 3.68. The Morgan fingerprint density at radius 2 is 1.77 bits per heavy atom. The maximum Gasteiger partial charge on any atom is 0.321 e. The summed E-state index contributed by atoms with van der Waals surface area (Å²) in [6.45, 7) is 5.86. The van der Waals surface area contributed by atoms with Gasteiger partial charge in [-0.05, 0) is 13.3 Å². The van der Waals surface area contributed by atoms with Gasteiger partial charge in [0.05, 0.1) is 13.3 Å². The number of hydrogen-bond donors (Lipinski definition) is 0. The highest BCUT2D eigenvalue weighted by atomic mass is 16.2. The Hall–Kier alpha value is -0.770. The standard InChI is InChI=1S/C9H19N3O/c1-5-8(2)12-6-10(3)9(13)11(4)7-12/h8H,5-7H2,1-4H3. The van der Waals surface area contributed by atoms with Gasteiger partial charge in [0.25, 0.3) is 0 Å². The smallest absolute Gasteiger partial charge is 0.315 e. The van der Waals surface area contributed by atoms with Gasteiger partial charge in [-0.3, -0.25) is 4.90 Å². The van der Waals surface area contributed by atoms with Crippen LogP contribution in [0.3, 0.4) is 0 Å². The third-order valence-electron chi connectivity index (χ3n) is 2.65. The molecule has 2 amide bonds. The monoisotopic (exact) mass is 185 g/mol. The van der Waals surface area contributed by atoms with E-state index in [2.05, 4.69) is 18.7 Å². The first kappa shape index (κ1) is 10.3. The van der Waals surface area contributed by atoms with Crippen molar-refractivity contribution in [3.8, 4) is 0 Å². The van der Waals surface area contributed by atoms with Crippen molar-refractivity contribution in [2.45, 2.75) is 26.3 Å². The zero-order chi connectivity index (χ0) is 10.0. The van der Waals surface area contributed by atoms with Gasteiger partial charge in [-0.25, -0.2) is 4.79 Å². The molecule has 13 heavy (non-hydrogen) atoms. The molecule has 0 aromatic rings. The van der Waals surface area contributed by atoms with E-state index in [4.69, 9.17) is 0 Å². The Balaban J connectivity index is 2.58. The molecule has 0 aromatic carbocycles. The van der Waals surface area contributed by atoms with Crippen LogP contribution in [0, 0.1) is 0 Å². The van der Waals surface area contributed by atoms with Crippen molar-refractivity contribution < 1.29 is 4.79 Å². The van der Waals surface area contributed by atoms with E-state index < -0.39 is 0 Å². The molecule has 0 bridgehead atoms. The van der Waals surface area contributed by atoms with Crippen molar-refractivity contribution in [3.05, 3.63) is 0 Å². The molecule has 1 rings (SSSR count). The summed E-state index contributed by atoms with van der Waals surface area (Å²) in [5.74, 6) is 0. The van der Waals surface area contributed by atoms with E-state index in [-0.39, 0.29) is 6.03 Å². The van der Waals surface area contributed by atoms with Crippen molar-refractivity contribution in [1.82, 2.24) is 14.7 Å². The highest BCUT2D eigenvalue weighted by Gasteiger charge is 2.26. The van der Waals surface area contributed by atoms with E-state index in [1.54, 1.807) is 9.80 Å². The van der Waals surface area contributed by atoms with Crippen molar-refractivity contribution in [3.63, 3.8) is 0 Å². The molecular weight excluding hydrogens is 166 g/mol. The second-order valence-corrected chi connectivity index (χ2v) is 3.81. The number of carbonyl (C=O) groups excluding carboxylic acids is 1. The number of amides is 2. The molecule has 0 aliphatic carbocycles. The average molecular weight is 185 g/mol. The minimum atomic E-state index is 0.111. The average Bonchev–Trinajstić information content (AvgIpc) is 2.12. The first-order chi connectivity index (χ1) is 6.06. The Labute approximate surface area is 80.1 Å². The number of rotatable bonds is 2. The molecule has 0 aromatic heterocycles. The van der Waals surface area contributed by atoms with Crippen LogP contribution in [0.5, 0.6) is 0 Å². The quantitative estimate of drug-likeness (QED) is 0.641. The van der Waals surface area contributed by atoms with Crippen LogP contribution >= 0.6 is 0 Å². The summed E-state index contributed by atoms with van der Waals surface area (Å²) in [5, 5.41) is 0. The lowest BCUT2D eigenvalue weighted by Crippen LogP contribution is -2.57. The summed E-state index contributed by atoms with van der Waals surface area (Å²) < 4.78 is 0. The van der Waals surface area contributed by atoms with Gasteiger partial charge in [0.15, 0.2) is 0 Å². The molecule has 0 saturated carbocycles. The zero-order valence-corrected chi connectivity index (χ0v) is 8.95. The molecule has 1 aliphatic heterocycles. The number of urea groups is 1. The summed E-state index contributed by atoms with van der Waals surface area (Å²) in [6.07, 6.45) is 1.12. The van der Waals surface area contributed by atoms with Gasteiger partial charge in [0.2, 0.25) is 0 Å². The van der Waals surface area contributed by atoms with Crippen LogP contribution in [-0.2, 0) is 0 Å². The molecule has 1 saturated heterocycles. The fraction of sp³-hybridized carbons (Fsp3) is 0.889. The third-order valence-corrected chi connectivity index (χ3v) is 2.65. The van der Waals surface area contributed by atoms with Crippen molar-refractivity contribution in [2.24, 2.45) is 0 Å². The SMILES string of the molecule is CCC(C)N1CN(C)C(=O)N(C)C1. The molecule has 1 unspecified atom stereocenters. The summed E-state index contributed by atoms with van der Waals surface area (Å²) >= 11 is 0. The van der Waals surface area contributed by atoms with Gasteiger partial charge in [-0.2, -0.15) is 0 Å². The maximum absolute atomic E-state index is 11.4. The van der Waals surface area contributed by atoms with E-state index in [9.17, 15) is 4.79 Å². The highest BCUT2D eigenvalue weighted by Crippen LogP contribution is 2.11. The van der Waals surface area contributed by atoms with Crippen LogP contribution in [0.25, 0.3) is 0 Å². The zero-order valence-electron chi connectivity index (χ0n) is 8.95. The molecular formula is C9H19N3O. The number of nitrogens with zero attached hydrogens (tertiary/aromatic N) is 3. The van der Waals surface area contributed by atoms with Crippen LogP contribution in [0.4, 0.5) is 4.79 Å². The van der Waals surface area contributed by atoms with Crippen LogP contribution < -0.4 is 0 Å². The van der Waals surface area contributed by atoms with Crippen LogP contribution in [0.2, 0.25) is 0 Å². The predicted octanol–water partition coefficient (Wildman–Crippen LogP) is 0.999. The second-order valence-electron chi connectivity index (χ2n) is 3.81. The summed E-state index contributed by atoms with van der Waals surface area (Å²) in [5.41, 5.74) is 0. The Morgan fingerprint density at radius 3 is 2.15 bits per heavy atom. The van der Waals surface area contributed by atoms with Gasteiger partial charge in [-0.15, -0.1) is 0 Å². The summed E-state index contributed by atoms with van der Waals surface area (Å²) in [6, 6.07) is 0.651. The first-order valence-corrected chi connectivity index (χ1v) is 4.76. The molecule has 1 atom stereocenters. The van der Waals surface area contributed by atoms with E-state index in [1.807, 2.05) is 14.1 Å². The second kappa shape index (κ2) is 3.96. The van der Waals surface area contributed by atoms with Crippen molar-refractivity contribution in [2.75, 3.05) is 27.4 Å². The first-order valence-electron chi connectivity index (χ1n) is 4.76. The lowest BCUT2D eigenvalue weighted by atomic mass is 10.2. The van der Waals surface area contributed by atoms with Gasteiger partial charge < -0.3 is 9.80 Å². The van der Waals surface area contributed by atoms with E-state index in [0.717, 1.165) is 19.8 Å². The maximum atomic E-state index is 11.4. The van der Waals surface area contributed by atoms with E-state index >= 15 is 0 Å². The molecule has 76 valence electrons. The van der Waals surface area contributed by atoms with Gasteiger partial charge in [-0.1, -0.05) is 6.92 Å². The largest absolute Gasteiger partial charge is 0.321 e. The van der Waals surface area contributed by atoms with Crippen LogP contribution in [0.15, 0.2) is 0 Å². The molecule has 1 aliphatic rings. The lowest BCUT2D eigenvalue weighted by molar-refractivity contribution is 0.0314. The number of hydrogen-bond acceptors (Lipinski definition) is 2. The molecule has 1 heterocycles. The normalized spacial score (nSPS) is 22.3. The highest BCUT2D eigenvalue weighted by molar-refractivity contribution is 5.74. The van der Waals surface area contributed by atoms with Gasteiger partial charge in [0, 0.05) is 20.1 Å². The third kappa shape index (κ3) is 2.12. The van der Waals surface area contributed by atoms with Crippen molar-refractivity contribution >= 4 is 6.03 Å². The van der Waals surface area contributed by atoms with E-state index in [0.29, 0.717) is 6.04 Å². The molecule has 0 N–H and O–H groups in total. The van der Waals surface area contributed by atoms with Crippen molar-refractivity contribution in [1.29, 1.82) is 0 Å². The fourth-order valence-electron chi connectivity index (χ4n) is 1.54. The Morgan fingerprint density at radius 1 is 1.31 bits per heavy atom. The predicted molar refractivity (Wildman–Crippen MR) is 52.2 cm³/mol. The van der Waals surface area contributed by atoms with Crippen LogP contribution in [0.1, 0.15) is 20.3 Å². The fourth-order valence-corrected chi connectivity index (χ4v) is 1.54. The Kier molecular flexibility index (Phi) is 3.14. The summed E-state index contributed by atoms with van der Waals surface area (Å²) in [4.78, 5) is 17.2. The molecule has 0 spiro atoms. The molecule has 0 radical (unpaired) electrons. The van der Waals surface area contributed by atoms with E-state index in [1.165, 1.54) is 0 Å². The van der Waals surface area contributed by atoms with Gasteiger partial charge >= 0.3 is 6.03 Å². The Bertz CT molecular complexity index is 181. The molecule has 4 nitrogen and oxygen atoms in total. The minimum absolute atomic E-state index is 0.111. The minimum Gasteiger partial charge on any atom is -0.315 e. The number of carbonyl (C=O) groups is 1. The molecule has 1 fully saturated rings.